The van der Waals surface area contributed by atoms with Gasteiger partial charge in [0.2, 0.25) is 5.91 Å². The molecule has 2 aliphatic heterocycles. The summed E-state index contributed by atoms with van der Waals surface area (Å²) < 4.78 is 5.30. The van der Waals surface area contributed by atoms with Crippen molar-refractivity contribution in [1.82, 2.24) is 15.1 Å². The van der Waals surface area contributed by atoms with Gasteiger partial charge in [-0.3, -0.25) is 9.59 Å². The van der Waals surface area contributed by atoms with Crippen molar-refractivity contribution in [3.05, 3.63) is 35.4 Å². The van der Waals surface area contributed by atoms with Gasteiger partial charge in [0.05, 0.1) is 5.88 Å². The van der Waals surface area contributed by atoms with Crippen molar-refractivity contribution in [1.29, 1.82) is 0 Å². The summed E-state index contributed by atoms with van der Waals surface area (Å²) in [5, 5.41) is 2.82. The largest absolute Gasteiger partial charge is 0.444 e. The number of thioether (sulfide) groups is 1. The van der Waals surface area contributed by atoms with Crippen LogP contribution in [0, 0.1) is 12.8 Å². The number of alkyl carbamates (subject to hydrolysis) is 1. The summed E-state index contributed by atoms with van der Waals surface area (Å²) in [6.45, 7) is 9.23. The third kappa shape index (κ3) is 6.38. The summed E-state index contributed by atoms with van der Waals surface area (Å²) in [4.78, 5) is 41.8. The SMILES string of the molecule is Cc1ccc(C(=O)N2CSC[C@H]2C(=O)N2CCC[C@@H](CNC(=O)OC(C)(C)C)C2)cc1. The Kier molecular flexibility index (Phi) is 7.51. The van der Waals surface area contributed by atoms with E-state index in [1.165, 1.54) is 0 Å². The average molecular weight is 448 g/mol. The van der Waals surface area contributed by atoms with Crippen molar-refractivity contribution < 1.29 is 19.1 Å². The standard InChI is InChI=1S/C23H33N3O4S/c1-16-7-9-18(10-8-16)20(27)26-15-31-14-19(26)21(28)25-11-5-6-17(13-25)12-24-22(29)30-23(2,3)4/h7-10,17,19H,5-6,11-15H2,1-4H3,(H,24,29)/t17-,19-/m0/s1. The number of nitrogens with one attached hydrogen (secondary N) is 1. The van der Waals surface area contributed by atoms with Crippen molar-refractivity contribution >= 4 is 29.7 Å². The highest BCUT2D eigenvalue weighted by atomic mass is 32.2. The summed E-state index contributed by atoms with van der Waals surface area (Å²) in [5.41, 5.74) is 1.18. The van der Waals surface area contributed by atoms with Gasteiger partial charge in [0.25, 0.3) is 5.91 Å². The van der Waals surface area contributed by atoms with Crippen molar-refractivity contribution in [3.8, 4) is 0 Å². The van der Waals surface area contributed by atoms with E-state index in [9.17, 15) is 14.4 Å². The van der Waals surface area contributed by atoms with Crippen LogP contribution in [0.25, 0.3) is 0 Å². The molecule has 0 unspecified atom stereocenters. The van der Waals surface area contributed by atoms with Crippen LogP contribution in [-0.4, -0.2) is 70.6 Å². The molecular formula is C23H33N3O4S. The Morgan fingerprint density at radius 2 is 1.90 bits per heavy atom. The Morgan fingerprint density at radius 3 is 2.58 bits per heavy atom. The molecule has 3 rings (SSSR count). The van der Waals surface area contributed by atoms with Gasteiger partial charge in [0.1, 0.15) is 11.6 Å². The zero-order valence-corrected chi connectivity index (χ0v) is 19.7. The molecule has 2 saturated heterocycles. The van der Waals surface area contributed by atoms with E-state index in [-0.39, 0.29) is 17.7 Å². The monoisotopic (exact) mass is 447 g/mol. The Morgan fingerprint density at radius 1 is 1.19 bits per heavy atom. The summed E-state index contributed by atoms with van der Waals surface area (Å²) in [6, 6.07) is 7.04. The van der Waals surface area contributed by atoms with E-state index in [2.05, 4.69) is 5.32 Å². The topological polar surface area (TPSA) is 79.0 Å². The number of hydrogen-bond donors (Lipinski definition) is 1. The number of carbonyl (C=O) groups is 3. The van der Waals surface area contributed by atoms with Crippen LogP contribution in [0.3, 0.4) is 0 Å². The van der Waals surface area contributed by atoms with E-state index in [4.69, 9.17) is 4.74 Å². The lowest BCUT2D eigenvalue weighted by Gasteiger charge is -2.36. The van der Waals surface area contributed by atoms with Crippen LogP contribution in [0.2, 0.25) is 0 Å². The molecule has 1 aromatic carbocycles. The molecule has 2 atom stereocenters. The smallest absolute Gasteiger partial charge is 0.407 e. The lowest BCUT2D eigenvalue weighted by Crippen LogP contribution is -2.52. The van der Waals surface area contributed by atoms with E-state index < -0.39 is 17.7 Å². The van der Waals surface area contributed by atoms with Crippen LogP contribution in [-0.2, 0) is 9.53 Å². The quantitative estimate of drug-likeness (QED) is 0.766. The lowest BCUT2D eigenvalue weighted by molar-refractivity contribution is -0.136. The first-order chi connectivity index (χ1) is 14.6. The van der Waals surface area contributed by atoms with E-state index >= 15 is 0 Å². The summed E-state index contributed by atoms with van der Waals surface area (Å²) in [5.74, 6) is 1.24. The van der Waals surface area contributed by atoms with E-state index in [0.29, 0.717) is 36.8 Å². The average Bonchev–Trinajstić information content (AvgIpc) is 3.20. The van der Waals surface area contributed by atoms with Crippen LogP contribution in [0.5, 0.6) is 0 Å². The molecule has 1 aromatic rings. The first-order valence-electron chi connectivity index (χ1n) is 10.8. The fourth-order valence-electron chi connectivity index (χ4n) is 3.89. The molecule has 2 aliphatic rings. The minimum Gasteiger partial charge on any atom is -0.444 e. The number of rotatable bonds is 4. The number of amides is 3. The lowest BCUT2D eigenvalue weighted by atomic mass is 9.97. The fraction of sp³-hybridized carbons (Fsp3) is 0.609. The Balaban J connectivity index is 1.57. The number of likely N-dealkylation sites (tertiary alicyclic amines) is 1. The zero-order chi connectivity index (χ0) is 22.6. The van der Waals surface area contributed by atoms with Crippen molar-refractivity contribution in [2.45, 2.75) is 52.2 Å². The molecule has 0 radical (unpaired) electrons. The Hall–Kier alpha value is -2.22. The third-order valence-corrected chi connectivity index (χ3v) is 6.50. The second-order valence-corrected chi connectivity index (χ2v) is 10.3. The number of nitrogens with zero attached hydrogens (tertiary/aromatic N) is 2. The summed E-state index contributed by atoms with van der Waals surface area (Å²) >= 11 is 1.61. The van der Waals surface area contributed by atoms with Crippen LogP contribution < -0.4 is 5.32 Å². The number of aryl methyl sites for hydroxylation is 1. The van der Waals surface area contributed by atoms with Crippen molar-refractivity contribution in [3.63, 3.8) is 0 Å². The van der Waals surface area contributed by atoms with Gasteiger partial charge >= 0.3 is 6.09 Å². The maximum absolute atomic E-state index is 13.3. The van der Waals surface area contributed by atoms with Gasteiger partial charge in [0, 0.05) is 31.0 Å². The number of hydrogen-bond acceptors (Lipinski definition) is 5. The number of carbonyl (C=O) groups excluding carboxylic acids is 3. The fourth-order valence-corrected chi connectivity index (χ4v) is 5.04. The highest BCUT2D eigenvalue weighted by Gasteiger charge is 2.38. The molecule has 0 aliphatic carbocycles. The third-order valence-electron chi connectivity index (χ3n) is 5.49. The molecule has 8 heteroatoms. The minimum atomic E-state index is -0.535. The zero-order valence-electron chi connectivity index (χ0n) is 18.8. The molecule has 2 heterocycles. The van der Waals surface area contributed by atoms with Gasteiger partial charge in [-0.2, -0.15) is 0 Å². The predicted molar refractivity (Wildman–Crippen MR) is 122 cm³/mol. The van der Waals surface area contributed by atoms with Crippen LogP contribution in [0.1, 0.15) is 49.5 Å². The number of piperidine rings is 1. The molecule has 0 spiro atoms. The second kappa shape index (κ2) is 9.94. The van der Waals surface area contributed by atoms with Crippen LogP contribution >= 0.6 is 11.8 Å². The van der Waals surface area contributed by atoms with Crippen LogP contribution in [0.4, 0.5) is 4.79 Å². The van der Waals surface area contributed by atoms with Gasteiger partial charge in [-0.25, -0.2) is 4.79 Å². The molecular weight excluding hydrogens is 414 g/mol. The molecule has 0 saturated carbocycles. The van der Waals surface area contributed by atoms with Gasteiger partial charge in [-0.15, -0.1) is 11.8 Å². The molecule has 1 N–H and O–H groups in total. The normalized spacial score (nSPS) is 21.7. The first-order valence-corrected chi connectivity index (χ1v) is 12.0. The summed E-state index contributed by atoms with van der Waals surface area (Å²) in [7, 11) is 0. The Labute approximate surface area is 188 Å². The molecule has 7 nitrogen and oxygen atoms in total. The number of benzene rings is 1. The van der Waals surface area contributed by atoms with E-state index in [1.54, 1.807) is 16.7 Å². The highest BCUT2D eigenvalue weighted by molar-refractivity contribution is 7.99. The van der Waals surface area contributed by atoms with Crippen LogP contribution in [0.15, 0.2) is 24.3 Å². The maximum atomic E-state index is 13.3. The molecule has 0 aromatic heterocycles. The number of ether oxygens (including phenoxy) is 1. The molecule has 0 bridgehead atoms. The molecule has 31 heavy (non-hydrogen) atoms. The summed E-state index contributed by atoms with van der Waals surface area (Å²) in [6.07, 6.45) is 1.40. The van der Waals surface area contributed by atoms with Gasteiger partial charge in [-0.05, 0) is 58.6 Å². The molecule has 170 valence electrons. The maximum Gasteiger partial charge on any atom is 0.407 e. The highest BCUT2D eigenvalue weighted by Crippen LogP contribution is 2.26. The van der Waals surface area contributed by atoms with E-state index in [1.807, 2.05) is 56.9 Å². The van der Waals surface area contributed by atoms with Crippen molar-refractivity contribution in [2.75, 3.05) is 31.3 Å². The second-order valence-electron chi connectivity index (χ2n) is 9.33. The van der Waals surface area contributed by atoms with Gasteiger partial charge in [0.15, 0.2) is 0 Å². The predicted octanol–water partition coefficient (Wildman–Crippen LogP) is 3.27. The molecule has 2 fully saturated rings. The minimum absolute atomic E-state index is 0.00688. The van der Waals surface area contributed by atoms with Gasteiger partial charge in [-0.1, -0.05) is 17.7 Å². The van der Waals surface area contributed by atoms with E-state index in [0.717, 1.165) is 18.4 Å². The van der Waals surface area contributed by atoms with Crippen molar-refractivity contribution in [2.24, 2.45) is 5.92 Å². The van der Waals surface area contributed by atoms with Gasteiger partial charge < -0.3 is 19.9 Å². The first kappa shape index (κ1) is 23.4. The Bertz CT molecular complexity index is 806. The molecule has 3 amide bonds.